The maximum Gasteiger partial charge on any atom is 0.224 e. The lowest BCUT2D eigenvalue weighted by Crippen LogP contribution is -2.15. The van der Waals surface area contributed by atoms with Gasteiger partial charge >= 0.3 is 0 Å². The van der Waals surface area contributed by atoms with E-state index in [1.807, 2.05) is 13.1 Å². The number of aromatic nitrogens is 2. The number of aliphatic hydroxyl groups excluding tert-OH is 1. The molecule has 0 radical (unpaired) electrons. The molecule has 0 aromatic carbocycles. The van der Waals surface area contributed by atoms with Crippen molar-refractivity contribution in [2.45, 2.75) is 45.6 Å². The van der Waals surface area contributed by atoms with Crippen LogP contribution in [0.4, 0.5) is 11.8 Å². The predicted molar refractivity (Wildman–Crippen MR) is 77.4 cm³/mol. The summed E-state index contributed by atoms with van der Waals surface area (Å²) in [6.45, 7) is 5.89. The van der Waals surface area contributed by atoms with E-state index in [9.17, 15) is 5.11 Å². The van der Waals surface area contributed by atoms with Crippen molar-refractivity contribution in [1.82, 2.24) is 9.97 Å². The second-order valence-electron chi connectivity index (χ2n) is 5.37. The van der Waals surface area contributed by atoms with Gasteiger partial charge in [0.15, 0.2) is 0 Å². The summed E-state index contributed by atoms with van der Waals surface area (Å²) in [5.41, 5.74) is 1.06. The Kier molecular flexibility index (Phi) is 4.96. The van der Waals surface area contributed by atoms with Crippen LogP contribution in [0.1, 0.15) is 38.2 Å². The van der Waals surface area contributed by atoms with Gasteiger partial charge in [-0.25, -0.2) is 4.98 Å². The summed E-state index contributed by atoms with van der Waals surface area (Å²) in [7, 11) is 0. The van der Waals surface area contributed by atoms with Crippen LogP contribution in [0.5, 0.6) is 0 Å². The summed E-state index contributed by atoms with van der Waals surface area (Å²) in [6.07, 6.45) is 5.71. The third-order valence-corrected chi connectivity index (χ3v) is 3.58. The summed E-state index contributed by atoms with van der Waals surface area (Å²) in [5, 5.41) is 16.1. The van der Waals surface area contributed by atoms with Crippen molar-refractivity contribution in [3.8, 4) is 0 Å². The molecule has 3 N–H and O–H groups in total. The zero-order chi connectivity index (χ0) is 13.7. The van der Waals surface area contributed by atoms with E-state index < -0.39 is 0 Å². The molecule has 19 heavy (non-hydrogen) atoms. The number of hydrogen-bond donors (Lipinski definition) is 3. The van der Waals surface area contributed by atoms with E-state index in [0.717, 1.165) is 50.2 Å². The smallest absolute Gasteiger partial charge is 0.224 e. The Hall–Kier alpha value is -1.36. The van der Waals surface area contributed by atoms with Crippen LogP contribution in [0.3, 0.4) is 0 Å². The lowest BCUT2D eigenvalue weighted by Gasteiger charge is -2.14. The first-order valence-electron chi connectivity index (χ1n) is 7.18. The second kappa shape index (κ2) is 6.70. The standard InChI is InChI=1S/C14H24N4O/c1-3-6-15-14-17-8-10(2)13(18-14)16-9-11-4-5-12(19)7-11/h8,11-12,19H,3-7,9H2,1-2H3,(H2,15,16,17,18). The van der Waals surface area contributed by atoms with E-state index >= 15 is 0 Å². The Labute approximate surface area is 114 Å². The van der Waals surface area contributed by atoms with Gasteiger partial charge < -0.3 is 15.7 Å². The molecule has 5 heteroatoms. The lowest BCUT2D eigenvalue weighted by atomic mass is 10.1. The quantitative estimate of drug-likeness (QED) is 0.734. The SMILES string of the molecule is CCCNc1ncc(C)c(NCC2CCC(O)C2)n1. The molecule has 0 spiro atoms. The van der Waals surface area contributed by atoms with Gasteiger partial charge in [-0.15, -0.1) is 0 Å². The van der Waals surface area contributed by atoms with Crippen LogP contribution < -0.4 is 10.6 Å². The second-order valence-corrected chi connectivity index (χ2v) is 5.37. The molecule has 0 saturated heterocycles. The molecule has 1 fully saturated rings. The van der Waals surface area contributed by atoms with Crippen molar-refractivity contribution in [2.75, 3.05) is 23.7 Å². The number of rotatable bonds is 6. The first-order valence-corrected chi connectivity index (χ1v) is 7.18. The minimum absolute atomic E-state index is 0.111. The van der Waals surface area contributed by atoms with Gasteiger partial charge in [-0.1, -0.05) is 6.92 Å². The van der Waals surface area contributed by atoms with Gasteiger partial charge in [0.05, 0.1) is 6.10 Å². The topological polar surface area (TPSA) is 70.1 Å². The van der Waals surface area contributed by atoms with Gasteiger partial charge in [-0.3, -0.25) is 0 Å². The van der Waals surface area contributed by atoms with Crippen molar-refractivity contribution in [1.29, 1.82) is 0 Å². The Morgan fingerprint density at radius 3 is 2.89 bits per heavy atom. The van der Waals surface area contributed by atoms with E-state index in [0.29, 0.717) is 11.9 Å². The molecular formula is C14H24N4O. The summed E-state index contributed by atoms with van der Waals surface area (Å²) >= 11 is 0. The van der Waals surface area contributed by atoms with Gasteiger partial charge in [-0.2, -0.15) is 4.98 Å². The molecule has 1 aromatic heterocycles. The van der Waals surface area contributed by atoms with Gasteiger partial charge in [0, 0.05) is 24.8 Å². The van der Waals surface area contributed by atoms with Gasteiger partial charge in [-0.05, 0) is 38.5 Å². The summed E-state index contributed by atoms with van der Waals surface area (Å²) < 4.78 is 0. The number of anilines is 2. The third-order valence-electron chi connectivity index (χ3n) is 3.58. The van der Waals surface area contributed by atoms with Crippen molar-refractivity contribution in [3.05, 3.63) is 11.8 Å². The predicted octanol–water partition coefficient (Wildman–Crippen LogP) is 2.18. The molecule has 0 aliphatic heterocycles. The van der Waals surface area contributed by atoms with Gasteiger partial charge in [0.1, 0.15) is 5.82 Å². The monoisotopic (exact) mass is 264 g/mol. The molecule has 106 valence electrons. The van der Waals surface area contributed by atoms with Crippen LogP contribution in [0.2, 0.25) is 0 Å². The van der Waals surface area contributed by atoms with E-state index in [4.69, 9.17) is 0 Å². The number of nitrogens with zero attached hydrogens (tertiary/aromatic N) is 2. The molecule has 1 saturated carbocycles. The highest BCUT2D eigenvalue weighted by Gasteiger charge is 2.22. The lowest BCUT2D eigenvalue weighted by molar-refractivity contribution is 0.178. The molecule has 1 aliphatic carbocycles. The molecule has 2 unspecified atom stereocenters. The molecule has 0 amide bonds. The van der Waals surface area contributed by atoms with Gasteiger partial charge in [0.2, 0.25) is 5.95 Å². The van der Waals surface area contributed by atoms with Crippen LogP contribution in [-0.4, -0.2) is 34.3 Å². The van der Waals surface area contributed by atoms with Crippen molar-refractivity contribution >= 4 is 11.8 Å². The fourth-order valence-electron chi connectivity index (χ4n) is 2.42. The molecule has 1 aliphatic rings. The minimum Gasteiger partial charge on any atom is -0.393 e. The average molecular weight is 264 g/mol. The van der Waals surface area contributed by atoms with Crippen LogP contribution in [0, 0.1) is 12.8 Å². The Morgan fingerprint density at radius 2 is 2.21 bits per heavy atom. The van der Waals surface area contributed by atoms with E-state index in [2.05, 4.69) is 27.5 Å². The van der Waals surface area contributed by atoms with Crippen molar-refractivity contribution in [3.63, 3.8) is 0 Å². The number of nitrogens with one attached hydrogen (secondary N) is 2. The van der Waals surface area contributed by atoms with E-state index in [1.54, 1.807) is 0 Å². The maximum absolute atomic E-state index is 9.53. The molecule has 2 atom stereocenters. The van der Waals surface area contributed by atoms with E-state index in [-0.39, 0.29) is 6.10 Å². The van der Waals surface area contributed by atoms with Crippen molar-refractivity contribution in [2.24, 2.45) is 5.92 Å². The van der Waals surface area contributed by atoms with Crippen LogP contribution in [-0.2, 0) is 0 Å². The fourth-order valence-corrected chi connectivity index (χ4v) is 2.42. The molecule has 1 heterocycles. The number of aliphatic hydroxyl groups is 1. The Bertz CT molecular complexity index is 410. The van der Waals surface area contributed by atoms with Crippen molar-refractivity contribution < 1.29 is 5.11 Å². The van der Waals surface area contributed by atoms with Gasteiger partial charge in [0.25, 0.3) is 0 Å². The normalized spacial score (nSPS) is 22.5. The fraction of sp³-hybridized carbons (Fsp3) is 0.714. The highest BCUT2D eigenvalue weighted by atomic mass is 16.3. The molecule has 5 nitrogen and oxygen atoms in total. The Morgan fingerprint density at radius 1 is 1.37 bits per heavy atom. The number of hydrogen-bond acceptors (Lipinski definition) is 5. The highest BCUT2D eigenvalue weighted by molar-refractivity contribution is 5.46. The minimum atomic E-state index is -0.111. The summed E-state index contributed by atoms with van der Waals surface area (Å²) in [5.74, 6) is 2.13. The first kappa shape index (κ1) is 14.1. The first-order chi connectivity index (χ1) is 9.19. The van der Waals surface area contributed by atoms with Crippen LogP contribution in [0.25, 0.3) is 0 Å². The molecule has 2 rings (SSSR count). The largest absolute Gasteiger partial charge is 0.393 e. The average Bonchev–Trinajstić information content (AvgIpc) is 2.82. The summed E-state index contributed by atoms with van der Waals surface area (Å²) in [4.78, 5) is 8.76. The van der Waals surface area contributed by atoms with Crippen LogP contribution >= 0.6 is 0 Å². The molecular weight excluding hydrogens is 240 g/mol. The van der Waals surface area contributed by atoms with Crippen LogP contribution in [0.15, 0.2) is 6.20 Å². The third kappa shape index (κ3) is 4.06. The number of aryl methyl sites for hydroxylation is 1. The maximum atomic E-state index is 9.53. The molecule has 1 aromatic rings. The zero-order valence-corrected chi connectivity index (χ0v) is 11.8. The van der Waals surface area contributed by atoms with E-state index in [1.165, 1.54) is 0 Å². The molecule has 0 bridgehead atoms. The summed E-state index contributed by atoms with van der Waals surface area (Å²) in [6, 6.07) is 0. The Balaban J connectivity index is 1.91. The highest BCUT2D eigenvalue weighted by Crippen LogP contribution is 2.25. The zero-order valence-electron chi connectivity index (χ0n) is 11.8.